The molecule has 40 heavy (non-hydrogen) atoms. The van der Waals surface area contributed by atoms with Crippen LogP contribution in [0.3, 0.4) is 0 Å². The van der Waals surface area contributed by atoms with Crippen LogP contribution >= 0.6 is 0 Å². The SMILES string of the molecule is Cc1c(C(=O)NC2CCOCC2)cc(-c2ccc(S(=O)(=O)NC(C)(C)C)c(C(F)(F)F)c2)n1CC1(C)CCCC1. The van der Waals surface area contributed by atoms with Crippen molar-refractivity contribution in [3.63, 3.8) is 0 Å². The van der Waals surface area contributed by atoms with E-state index in [1.807, 2.05) is 11.5 Å². The van der Waals surface area contributed by atoms with E-state index in [1.165, 1.54) is 6.07 Å². The Morgan fingerprint density at radius 1 is 1.10 bits per heavy atom. The summed E-state index contributed by atoms with van der Waals surface area (Å²) in [5.74, 6) is -0.273. The first-order valence-corrected chi connectivity index (χ1v) is 15.3. The number of hydrogen-bond acceptors (Lipinski definition) is 4. The van der Waals surface area contributed by atoms with E-state index in [0.29, 0.717) is 49.6 Å². The molecule has 2 aromatic rings. The number of halogens is 3. The topological polar surface area (TPSA) is 89.4 Å². The van der Waals surface area contributed by atoms with Gasteiger partial charge < -0.3 is 14.6 Å². The fraction of sp³-hybridized carbons (Fsp3) is 0.621. The van der Waals surface area contributed by atoms with Crippen molar-refractivity contribution in [2.75, 3.05) is 13.2 Å². The van der Waals surface area contributed by atoms with Gasteiger partial charge in [0.2, 0.25) is 10.0 Å². The van der Waals surface area contributed by atoms with Gasteiger partial charge in [0.1, 0.15) is 0 Å². The zero-order valence-corrected chi connectivity index (χ0v) is 24.7. The summed E-state index contributed by atoms with van der Waals surface area (Å²) in [5, 5.41) is 3.06. The third-order valence-corrected chi connectivity index (χ3v) is 9.65. The van der Waals surface area contributed by atoms with E-state index in [4.69, 9.17) is 4.74 Å². The molecule has 1 aromatic carbocycles. The fourth-order valence-electron chi connectivity index (χ4n) is 5.79. The highest BCUT2D eigenvalue weighted by atomic mass is 32.2. The van der Waals surface area contributed by atoms with Crippen molar-refractivity contribution in [3.8, 4) is 11.3 Å². The van der Waals surface area contributed by atoms with Crippen LogP contribution in [-0.2, 0) is 27.5 Å². The molecule has 11 heteroatoms. The summed E-state index contributed by atoms with van der Waals surface area (Å²) < 4.78 is 78.4. The van der Waals surface area contributed by atoms with E-state index in [1.54, 1.807) is 26.8 Å². The molecule has 1 aromatic heterocycles. The second kappa shape index (κ2) is 11.1. The van der Waals surface area contributed by atoms with Gasteiger partial charge in [-0.2, -0.15) is 13.2 Å². The molecule has 2 aliphatic rings. The van der Waals surface area contributed by atoms with Crippen LogP contribution in [0.5, 0.6) is 0 Å². The maximum atomic E-state index is 14.3. The van der Waals surface area contributed by atoms with Crippen LogP contribution in [0.25, 0.3) is 11.3 Å². The molecule has 0 unspecified atom stereocenters. The highest BCUT2D eigenvalue weighted by molar-refractivity contribution is 7.89. The minimum Gasteiger partial charge on any atom is -0.381 e. The van der Waals surface area contributed by atoms with Crippen LogP contribution in [-0.4, -0.2) is 43.7 Å². The van der Waals surface area contributed by atoms with Gasteiger partial charge in [0.25, 0.3) is 5.91 Å². The highest BCUT2D eigenvalue weighted by Gasteiger charge is 2.39. The Bertz CT molecular complexity index is 1350. The Morgan fingerprint density at radius 2 is 1.73 bits per heavy atom. The monoisotopic (exact) mass is 583 g/mol. The Kier molecular flexibility index (Phi) is 8.51. The zero-order valence-electron chi connectivity index (χ0n) is 23.9. The Hall–Kier alpha value is -2.37. The van der Waals surface area contributed by atoms with Crippen molar-refractivity contribution in [1.29, 1.82) is 0 Å². The summed E-state index contributed by atoms with van der Waals surface area (Å²) >= 11 is 0. The summed E-state index contributed by atoms with van der Waals surface area (Å²) in [6, 6.07) is 4.91. The Morgan fingerprint density at radius 3 is 2.30 bits per heavy atom. The first-order valence-electron chi connectivity index (χ1n) is 13.8. The molecule has 0 atom stereocenters. The number of nitrogens with zero attached hydrogens (tertiary/aromatic N) is 1. The molecule has 1 saturated heterocycles. The molecular formula is C29H40F3N3O4S. The number of amides is 1. The van der Waals surface area contributed by atoms with Gasteiger partial charge in [0.05, 0.1) is 16.0 Å². The third-order valence-electron chi connectivity index (χ3n) is 7.83. The van der Waals surface area contributed by atoms with Crippen LogP contribution in [0.2, 0.25) is 0 Å². The number of aromatic nitrogens is 1. The van der Waals surface area contributed by atoms with Gasteiger partial charge in [-0.05, 0) is 82.6 Å². The first-order chi connectivity index (χ1) is 18.5. The lowest BCUT2D eigenvalue weighted by molar-refractivity contribution is -0.139. The number of carbonyl (C=O) groups excluding carboxylic acids is 1. The number of carbonyl (C=O) groups is 1. The summed E-state index contributed by atoms with van der Waals surface area (Å²) in [6.45, 7) is 10.4. The average molecular weight is 584 g/mol. The molecule has 0 radical (unpaired) electrons. The van der Waals surface area contributed by atoms with E-state index < -0.39 is 32.2 Å². The second-order valence-electron chi connectivity index (χ2n) is 12.6. The Balaban J connectivity index is 1.81. The van der Waals surface area contributed by atoms with Crippen molar-refractivity contribution in [2.45, 2.75) is 102 Å². The second-order valence-corrected chi connectivity index (χ2v) is 14.2. The van der Waals surface area contributed by atoms with Crippen LogP contribution in [0.4, 0.5) is 13.2 Å². The molecule has 1 saturated carbocycles. The number of sulfonamides is 1. The summed E-state index contributed by atoms with van der Waals surface area (Å²) in [6.07, 6.45) is 0.608. The van der Waals surface area contributed by atoms with Crippen molar-refractivity contribution < 1.29 is 31.1 Å². The molecule has 0 bridgehead atoms. The van der Waals surface area contributed by atoms with Crippen LogP contribution in [0.1, 0.15) is 87.8 Å². The lowest BCUT2D eigenvalue weighted by atomic mass is 9.88. The average Bonchev–Trinajstić information content (AvgIpc) is 3.41. The summed E-state index contributed by atoms with van der Waals surface area (Å²) in [7, 11) is -4.45. The van der Waals surface area contributed by atoms with E-state index in [0.717, 1.165) is 37.8 Å². The van der Waals surface area contributed by atoms with Gasteiger partial charge in [-0.1, -0.05) is 25.8 Å². The van der Waals surface area contributed by atoms with Crippen molar-refractivity contribution in [1.82, 2.24) is 14.6 Å². The lowest BCUT2D eigenvalue weighted by Gasteiger charge is -2.27. The normalized spacial score (nSPS) is 18.7. The van der Waals surface area contributed by atoms with Crippen LogP contribution in [0, 0.1) is 12.3 Å². The molecule has 1 aliphatic carbocycles. The van der Waals surface area contributed by atoms with Gasteiger partial charge in [-0.3, -0.25) is 4.79 Å². The third kappa shape index (κ3) is 6.91. The number of rotatable bonds is 7. The first kappa shape index (κ1) is 30.6. The van der Waals surface area contributed by atoms with E-state index in [2.05, 4.69) is 17.0 Å². The molecular weight excluding hydrogens is 543 g/mol. The minimum atomic E-state index is -4.91. The van der Waals surface area contributed by atoms with E-state index >= 15 is 0 Å². The standard InChI is InChI=1S/C29H40F3N3O4S/c1-19-22(26(36)33-21-10-14-39-15-11-21)17-24(35(19)18-28(5)12-6-7-13-28)20-8-9-25(23(16-20)29(30,31)32)40(37,38)34-27(2,3)4/h8-9,16-17,21,34H,6-7,10-15,18H2,1-5H3,(H,33,36). The maximum absolute atomic E-state index is 14.3. The molecule has 7 nitrogen and oxygen atoms in total. The van der Waals surface area contributed by atoms with Crippen molar-refractivity contribution >= 4 is 15.9 Å². The summed E-state index contributed by atoms with van der Waals surface area (Å²) in [4.78, 5) is 12.5. The van der Waals surface area contributed by atoms with Gasteiger partial charge in [-0.25, -0.2) is 13.1 Å². The highest BCUT2D eigenvalue weighted by Crippen LogP contribution is 2.42. The molecule has 222 valence electrons. The predicted octanol–water partition coefficient (Wildman–Crippen LogP) is 6.05. The van der Waals surface area contributed by atoms with E-state index in [9.17, 15) is 26.4 Å². The minimum absolute atomic E-state index is 0.0311. The number of ether oxygens (including phenoxy) is 1. The number of benzene rings is 1. The fourth-order valence-corrected chi connectivity index (χ4v) is 7.42. The zero-order chi connectivity index (χ0) is 29.5. The van der Waals surface area contributed by atoms with Crippen molar-refractivity contribution in [3.05, 3.63) is 41.1 Å². The molecule has 0 spiro atoms. The largest absolute Gasteiger partial charge is 0.417 e. The summed E-state index contributed by atoms with van der Waals surface area (Å²) in [5.41, 5.74) is -0.518. The van der Waals surface area contributed by atoms with Gasteiger partial charge >= 0.3 is 6.18 Å². The molecule has 1 aliphatic heterocycles. The molecule has 2 heterocycles. The van der Waals surface area contributed by atoms with Gasteiger partial charge in [-0.15, -0.1) is 0 Å². The number of nitrogens with one attached hydrogen (secondary N) is 2. The quantitative estimate of drug-likeness (QED) is 0.416. The smallest absolute Gasteiger partial charge is 0.381 e. The van der Waals surface area contributed by atoms with Gasteiger partial charge in [0, 0.05) is 42.7 Å². The van der Waals surface area contributed by atoms with Gasteiger partial charge in [0.15, 0.2) is 0 Å². The predicted molar refractivity (Wildman–Crippen MR) is 148 cm³/mol. The maximum Gasteiger partial charge on any atom is 0.417 e. The lowest BCUT2D eigenvalue weighted by Crippen LogP contribution is -2.41. The molecule has 2 fully saturated rings. The molecule has 1 amide bonds. The number of hydrogen-bond donors (Lipinski definition) is 2. The number of alkyl halides is 3. The molecule has 4 rings (SSSR count). The van der Waals surface area contributed by atoms with Crippen LogP contribution in [0.15, 0.2) is 29.2 Å². The molecule has 2 N–H and O–H groups in total. The Labute approximate surface area is 234 Å². The van der Waals surface area contributed by atoms with E-state index in [-0.39, 0.29) is 22.9 Å². The van der Waals surface area contributed by atoms with Crippen LogP contribution < -0.4 is 10.0 Å². The van der Waals surface area contributed by atoms with Crippen molar-refractivity contribution in [2.24, 2.45) is 5.41 Å².